The minimum atomic E-state index is -3.94. The minimum Gasteiger partial charge on any atom is -0.341 e. The molecule has 2 N–H and O–H groups in total. The van der Waals surface area contributed by atoms with E-state index in [9.17, 15) is 18.0 Å². The van der Waals surface area contributed by atoms with E-state index in [2.05, 4.69) is 5.32 Å². The second-order valence-corrected chi connectivity index (χ2v) is 10.8. The first-order valence-corrected chi connectivity index (χ1v) is 12.8. The van der Waals surface area contributed by atoms with Gasteiger partial charge in [-0.15, -0.1) is 0 Å². The van der Waals surface area contributed by atoms with Crippen molar-refractivity contribution in [2.45, 2.75) is 25.3 Å². The predicted octanol–water partition coefficient (Wildman–Crippen LogP) is 3.59. The van der Waals surface area contributed by atoms with Crippen LogP contribution in [0.4, 0.5) is 0 Å². The van der Waals surface area contributed by atoms with Gasteiger partial charge in [-0.25, -0.2) is 4.72 Å². The Morgan fingerprint density at radius 3 is 2.29 bits per heavy atom. The van der Waals surface area contributed by atoms with Gasteiger partial charge in [-0.3, -0.25) is 9.59 Å². The van der Waals surface area contributed by atoms with Gasteiger partial charge < -0.3 is 9.88 Å². The van der Waals surface area contributed by atoms with Crippen molar-refractivity contribution in [1.82, 2.24) is 18.9 Å². The Balaban J connectivity index is 1.66. The number of nitrogens with zero attached hydrogens (tertiary/aromatic N) is 2. The summed E-state index contributed by atoms with van der Waals surface area (Å²) in [6.45, 7) is 1.42. The van der Waals surface area contributed by atoms with Gasteiger partial charge in [-0.1, -0.05) is 53.5 Å². The SMILES string of the molecule is CC(=O)NS(=O)(=O)N1CCC(NC(=O)c2cc3c(Cl)c(Cl)ccc3n2C)(c2ccccc2)CC1. The lowest BCUT2D eigenvalue weighted by atomic mass is 9.81. The van der Waals surface area contributed by atoms with E-state index in [1.54, 1.807) is 29.8 Å². The smallest absolute Gasteiger partial charge is 0.303 e. The van der Waals surface area contributed by atoms with Gasteiger partial charge in [0.25, 0.3) is 5.91 Å². The first-order chi connectivity index (χ1) is 16.0. The summed E-state index contributed by atoms with van der Waals surface area (Å²) in [5.41, 5.74) is 1.26. The van der Waals surface area contributed by atoms with Crippen LogP contribution in [0.3, 0.4) is 0 Å². The van der Waals surface area contributed by atoms with Crippen molar-refractivity contribution in [3.05, 3.63) is 69.8 Å². The minimum absolute atomic E-state index is 0.133. The first kappa shape index (κ1) is 24.5. The topological polar surface area (TPSA) is 101 Å². The van der Waals surface area contributed by atoms with Crippen LogP contribution >= 0.6 is 23.2 Å². The number of rotatable bonds is 5. The van der Waals surface area contributed by atoms with Crippen molar-refractivity contribution in [3.63, 3.8) is 0 Å². The molecule has 0 bridgehead atoms. The number of nitrogens with one attached hydrogen (secondary N) is 2. The monoisotopic (exact) mass is 522 g/mol. The highest BCUT2D eigenvalue weighted by molar-refractivity contribution is 7.87. The number of amides is 2. The van der Waals surface area contributed by atoms with Crippen LogP contribution < -0.4 is 10.0 Å². The Hall–Kier alpha value is -2.59. The molecule has 1 aliphatic rings. The third-order valence-corrected chi connectivity index (χ3v) is 8.62. The van der Waals surface area contributed by atoms with Crippen LogP contribution in [0, 0.1) is 0 Å². The van der Waals surface area contributed by atoms with E-state index in [1.807, 2.05) is 35.1 Å². The molecule has 0 spiro atoms. The summed E-state index contributed by atoms with van der Waals surface area (Å²) < 4.78 is 29.9. The Labute approximate surface area is 208 Å². The third kappa shape index (κ3) is 4.53. The molecule has 34 heavy (non-hydrogen) atoms. The lowest BCUT2D eigenvalue weighted by Crippen LogP contribution is -2.56. The Bertz CT molecular complexity index is 1360. The Morgan fingerprint density at radius 1 is 1.03 bits per heavy atom. The quantitative estimate of drug-likeness (QED) is 0.534. The third-order valence-electron chi connectivity index (χ3n) is 6.21. The predicted molar refractivity (Wildman–Crippen MR) is 132 cm³/mol. The van der Waals surface area contributed by atoms with Crippen LogP contribution in [-0.4, -0.2) is 42.2 Å². The lowest BCUT2D eigenvalue weighted by Gasteiger charge is -2.42. The molecule has 1 saturated heterocycles. The number of piperidine rings is 1. The summed E-state index contributed by atoms with van der Waals surface area (Å²) in [4.78, 5) is 24.8. The number of aromatic nitrogens is 1. The van der Waals surface area contributed by atoms with Gasteiger partial charge in [0.05, 0.1) is 15.6 Å². The molecular formula is C23H24Cl2N4O4S. The van der Waals surface area contributed by atoms with Crippen molar-refractivity contribution >= 4 is 56.1 Å². The fourth-order valence-electron chi connectivity index (χ4n) is 4.45. The van der Waals surface area contributed by atoms with E-state index in [4.69, 9.17) is 23.2 Å². The molecule has 180 valence electrons. The van der Waals surface area contributed by atoms with Crippen molar-refractivity contribution in [2.24, 2.45) is 7.05 Å². The first-order valence-electron chi connectivity index (χ1n) is 10.6. The Morgan fingerprint density at radius 2 is 1.68 bits per heavy atom. The largest absolute Gasteiger partial charge is 0.341 e. The van der Waals surface area contributed by atoms with Crippen LogP contribution in [0.25, 0.3) is 10.9 Å². The Kier molecular flexibility index (Phi) is 6.65. The van der Waals surface area contributed by atoms with Crippen LogP contribution in [0.1, 0.15) is 35.8 Å². The highest BCUT2D eigenvalue weighted by atomic mass is 35.5. The van der Waals surface area contributed by atoms with Gasteiger partial charge in [0, 0.05) is 38.0 Å². The van der Waals surface area contributed by atoms with Crippen molar-refractivity contribution in [3.8, 4) is 0 Å². The van der Waals surface area contributed by atoms with E-state index in [0.717, 1.165) is 18.0 Å². The number of hydrogen-bond acceptors (Lipinski definition) is 4. The molecule has 2 amide bonds. The highest BCUT2D eigenvalue weighted by Crippen LogP contribution is 2.36. The molecule has 1 fully saturated rings. The molecule has 0 atom stereocenters. The normalized spacial score (nSPS) is 16.4. The molecule has 2 heterocycles. The van der Waals surface area contributed by atoms with E-state index >= 15 is 0 Å². The molecule has 2 aromatic carbocycles. The number of fused-ring (bicyclic) bond motifs is 1. The summed E-state index contributed by atoms with van der Waals surface area (Å²) in [7, 11) is -2.16. The molecule has 0 aliphatic carbocycles. The molecule has 4 rings (SSSR count). The maximum absolute atomic E-state index is 13.5. The van der Waals surface area contributed by atoms with Crippen LogP contribution in [0.15, 0.2) is 48.5 Å². The fourth-order valence-corrected chi connectivity index (χ4v) is 5.98. The van der Waals surface area contributed by atoms with Crippen LogP contribution in [0.5, 0.6) is 0 Å². The number of hydrogen-bond donors (Lipinski definition) is 2. The van der Waals surface area contributed by atoms with E-state index < -0.39 is 21.7 Å². The van der Waals surface area contributed by atoms with Crippen molar-refractivity contribution in [2.75, 3.05) is 13.1 Å². The van der Waals surface area contributed by atoms with Gasteiger partial charge in [-0.05, 0) is 36.6 Å². The second-order valence-electron chi connectivity index (χ2n) is 8.35. The highest BCUT2D eigenvalue weighted by Gasteiger charge is 2.41. The summed E-state index contributed by atoms with van der Waals surface area (Å²) in [6, 6.07) is 14.7. The van der Waals surface area contributed by atoms with Gasteiger partial charge in [-0.2, -0.15) is 12.7 Å². The van der Waals surface area contributed by atoms with Gasteiger partial charge >= 0.3 is 10.2 Å². The summed E-state index contributed by atoms with van der Waals surface area (Å²) >= 11 is 12.5. The molecule has 0 radical (unpaired) electrons. The van der Waals surface area contributed by atoms with Crippen LogP contribution in [0.2, 0.25) is 10.0 Å². The van der Waals surface area contributed by atoms with E-state index in [0.29, 0.717) is 34.0 Å². The molecule has 0 unspecified atom stereocenters. The zero-order valence-electron chi connectivity index (χ0n) is 18.6. The second kappa shape index (κ2) is 9.22. The van der Waals surface area contributed by atoms with Gasteiger partial charge in [0.1, 0.15) is 5.69 Å². The summed E-state index contributed by atoms with van der Waals surface area (Å²) in [6.07, 6.45) is 0.663. The molecule has 11 heteroatoms. The summed E-state index contributed by atoms with van der Waals surface area (Å²) in [5.74, 6) is -0.962. The standard InChI is InChI=1S/C23H24Cl2N4O4S/c1-15(30)27-34(32,33)29-12-10-23(11-13-29,16-6-4-3-5-7-16)26-22(31)20-14-17-19(28(20)2)9-8-18(24)21(17)25/h3-9,14H,10-13H2,1-2H3,(H,26,31)(H,27,30). The number of carbonyl (C=O) groups is 2. The van der Waals surface area contributed by atoms with Gasteiger partial charge in [0.15, 0.2) is 0 Å². The molecular weight excluding hydrogens is 499 g/mol. The van der Waals surface area contributed by atoms with Crippen LogP contribution in [-0.2, 0) is 27.6 Å². The maximum atomic E-state index is 13.5. The number of aryl methyl sites for hydroxylation is 1. The van der Waals surface area contributed by atoms with Crippen molar-refractivity contribution in [1.29, 1.82) is 0 Å². The maximum Gasteiger partial charge on any atom is 0.303 e. The number of halogens is 2. The van der Waals surface area contributed by atoms with E-state index in [-0.39, 0.29) is 19.0 Å². The van der Waals surface area contributed by atoms with E-state index in [1.165, 1.54) is 4.31 Å². The summed E-state index contributed by atoms with van der Waals surface area (Å²) in [5, 5.41) is 4.62. The lowest BCUT2D eigenvalue weighted by molar-refractivity contribution is -0.117. The molecule has 1 aromatic heterocycles. The number of carbonyl (C=O) groups excluding carboxylic acids is 2. The molecule has 8 nitrogen and oxygen atoms in total. The molecule has 1 aliphatic heterocycles. The fraction of sp³-hybridized carbons (Fsp3) is 0.304. The number of benzene rings is 2. The zero-order chi connectivity index (χ0) is 24.7. The average molecular weight is 523 g/mol. The molecule has 0 saturated carbocycles. The van der Waals surface area contributed by atoms with Crippen molar-refractivity contribution < 1.29 is 18.0 Å². The zero-order valence-corrected chi connectivity index (χ0v) is 21.0. The van der Waals surface area contributed by atoms with Gasteiger partial charge in [0.2, 0.25) is 5.91 Å². The average Bonchev–Trinajstić information content (AvgIpc) is 3.13. The molecule has 3 aromatic rings.